The summed E-state index contributed by atoms with van der Waals surface area (Å²) in [5, 5.41) is 0. The predicted octanol–water partition coefficient (Wildman–Crippen LogP) is 2.56. The molecule has 0 atom stereocenters. The summed E-state index contributed by atoms with van der Waals surface area (Å²) in [4.78, 5) is 16.7. The minimum absolute atomic E-state index is 0.226. The molecule has 1 aromatic carbocycles. The van der Waals surface area contributed by atoms with Gasteiger partial charge in [0.05, 0.1) is 7.11 Å². The molecule has 0 spiro atoms. The van der Waals surface area contributed by atoms with Crippen LogP contribution in [-0.2, 0) is 0 Å². The number of hydrogen-bond donors (Lipinski definition) is 0. The molecular weight excluding hydrogens is 274 g/mol. The number of fused-ring (bicyclic) bond motifs is 1. The molecule has 0 aliphatic carbocycles. The summed E-state index contributed by atoms with van der Waals surface area (Å²) >= 11 is 5.16. The van der Waals surface area contributed by atoms with Crippen molar-refractivity contribution in [3.63, 3.8) is 0 Å². The van der Waals surface area contributed by atoms with Gasteiger partial charge in [-0.05, 0) is 48.6 Å². The molecule has 3 aromatic rings. The zero-order chi connectivity index (χ0) is 14.1. The molecule has 0 unspecified atom stereocenters. The van der Waals surface area contributed by atoms with Crippen molar-refractivity contribution in [2.75, 3.05) is 7.11 Å². The van der Waals surface area contributed by atoms with Gasteiger partial charge in [-0.15, -0.1) is 0 Å². The van der Waals surface area contributed by atoms with E-state index in [1.807, 2.05) is 12.1 Å². The zero-order valence-electron chi connectivity index (χ0n) is 10.7. The van der Waals surface area contributed by atoms with E-state index >= 15 is 0 Å². The van der Waals surface area contributed by atoms with Crippen molar-refractivity contribution in [3.05, 3.63) is 59.0 Å². The van der Waals surface area contributed by atoms with Gasteiger partial charge >= 0.3 is 0 Å². The molecule has 6 heteroatoms. The Morgan fingerprint density at radius 3 is 2.65 bits per heavy atom. The van der Waals surface area contributed by atoms with Crippen LogP contribution in [0, 0.1) is 4.77 Å². The maximum atomic E-state index is 12.5. The fourth-order valence-electron chi connectivity index (χ4n) is 1.96. The van der Waals surface area contributed by atoms with E-state index in [0.29, 0.717) is 17.0 Å². The van der Waals surface area contributed by atoms with Crippen LogP contribution >= 0.6 is 12.2 Å². The van der Waals surface area contributed by atoms with Crippen molar-refractivity contribution >= 4 is 23.8 Å². The van der Waals surface area contributed by atoms with Gasteiger partial charge in [-0.25, -0.2) is 4.52 Å². The Hall–Kier alpha value is -2.47. The number of carbonyl (C=O) groups excluding carboxylic acids is 1. The van der Waals surface area contributed by atoms with Crippen LogP contribution in [0.4, 0.5) is 0 Å². The number of aromatic nitrogens is 3. The largest absolute Gasteiger partial charge is 0.497 e. The minimum atomic E-state index is -0.226. The van der Waals surface area contributed by atoms with Crippen LogP contribution in [0.2, 0.25) is 0 Å². The second kappa shape index (κ2) is 4.90. The highest BCUT2D eigenvalue weighted by Gasteiger charge is 2.13. The Labute approximate surface area is 120 Å². The summed E-state index contributed by atoms with van der Waals surface area (Å²) in [6.45, 7) is 0. The zero-order valence-corrected chi connectivity index (χ0v) is 11.5. The monoisotopic (exact) mass is 285 g/mol. The fourth-order valence-corrected chi connectivity index (χ4v) is 2.23. The van der Waals surface area contributed by atoms with Gasteiger partial charge in [0, 0.05) is 11.8 Å². The third-order valence-electron chi connectivity index (χ3n) is 2.95. The lowest BCUT2D eigenvalue weighted by Gasteiger charge is -2.05. The first kappa shape index (κ1) is 12.6. The highest BCUT2D eigenvalue weighted by molar-refractivity contribution is 7.71. The number of pyridine rings is 1. The van der Waals surface area contributed by atoms with E-state index in [0.717, 1.165) is 0 Å². The summed E-state index contributed by atoms with van der Waals surface area (Å²) in [6, 6.07) is 12.3. The van der Waals surface area contributed by atoms with E-state index in [1.165, 1.54) is 4.68 Å². The molecule has 0 N–H and O–H groups in total. The van der Waals surface area contributed by atoms with Crippen molar-refractivity contribution in [2.24, 2.45) is 0 Å². The lowest BCUT2D eigenvalue weighted by Crippen LogP contribution is -2.17. The van der Waals surface area contributed by atoms with Gasteiger partial charge in [-0.1, -0.05) is 6.07 Å². The van der Waals surface area contributed by atoms with Crippen LogP contribution < -0.4 is 4.74 Å². The summed E-state index contributed by atoms with van der Waals surface area (Å²) in [6.07, 6.45) is 1.75. The van der Waals surface area contributed by atoms with E-state index in [2.05, 4.69) is 4.98 Å². The molecule has 0 amide bonds. The minimum Gasteiger partial charge on any atom is -0.497 e. The summed E-state index contributed by atoms with van der Waals surface area (Å²) in [7, 11) is 1.58. The summed E-state index contributed by atoms with van der Waals surface area (Å²) in [5.74, 6) is 0.472. The topological polar surface area (TPSA) is 48.5 Å². The molecule has 5 nitrogen and oxygen atoms in total. The van der Waals surface area contributed by atoms with E-state index in [-0.39, 0.29) is 10.7 Å². The summed E-state index contributed by atoms with van der Waals surface area (Å²) < 4.78 is 8.31. The average Bonchev–Trinajstić information content (AvgIpc) is 2.82. The molecule has 2 aromatic heterocycles. The molecule has 2 heterocycles. The van der Waals surface area contributed by atoms with E-state index in [1.54, 1.807) is 48.2 Å². The molecule has 3 rings (SSSR count). The first-order chi connectivity index (χ1) is 9.70. The average molecular weight is 285 g/mol. The van der Waals surface area contributed by atoms with Gasteiger partial charge in [-0.3, -0.25) is 4.79 Å². The second-order valence-corrected chi connectivity index (χ2v) is 4.51. The number of carbonyl (C=O) groups is 1. The first-order valence-corrected chi connectivity index (χ1v) is 6.37. The summed E-state index contributed by atoms with van der Waals surface area (Å²) in [5.41, 5.74) is 1.16. The van der Waals surface area contributed by atoms with Crippen LogP contribution in [-0.4, -0.2) is 27.2 Å². The van der Waals surface area contributed by atoms with E-state index in [9.17, 15) is 4.79 Å². The molecule has 0 bridgehead atoms. The molecular formula is C14H11N3O2S. The van der Waals surface area contributed by atoms with Gasteiger partial charge in [0.2, 0.25) is 4.77 Å². The number of hydrogen-bond acceptors (Lipinski definition) is 4. The van der Waals surface area contributed by atoms with Crippen LogP contribution in [0.5, 0.6) is 5.75 Å². The van der Waals surface area contributed by atoms with Gasteiger partial charge in [-0.2, -0.15) is 9.67 Å². The number of ether oxygens (including phenoxy) is 1. The third kappa shape index (κ3) is 2.00. The molecule has 0 aliphatic heterocycles. The van der Waals surface area contributed by atoms with Crippen molar-refractivity contribution in [1.82, 2.24) is 14.2 Å². The highest BCUT2D eigenvalue weighted by Crippen LogP contribution is 2.13. The molecule has 0 saturated heterocycles. The van der Waals surface area contributed by atoms with Crippen molar-refractivity contribution < 1.29 is 9.53 Å². The molecule has 0 aliphatic rings. The van der Waals surface area contributed by atoms with Gasteiger partial charge < -0.3 is 4.74 Å². The van der Waals surface area contributed by atoms with Crippen LogP contribution in [0.15, 0.2) is 48.7 Å². The van der Waals surface area contributed by atoms with Crippen molar-refractivity contribution in [3.8, 4) is 5.75 Å². The Morgan fingerprint density at radius 2 is 1.95 bits per heavy atom. The molecule has 0 saturated carbocycles. The van der Waals surface area contributed by atoms with Crippen LogP contribution in [0.1, 0.15) is 10.4 Å². The standard InChI is InChI=1S/C14H11N3O2S/c1-19-11-7-5-10(6-8-11)13(18)17-14(20)15-12-4-2-3-9-16(12)17/h2-9H,1H3. The van der Waals surface area contributed by atoms with Crippen molar-refractivity contribution in [2.45, 2.75) is 0 Å². The maximum absolute atomic E-state index is 12.5. The maximum Gasteiger partial charge on any atom is 0.279 e. The quantitative estimate of drug-likeness (QED) is 0.679. The fraction of sp³-hybridized carbons (Fsp3) is 0.0714. The van der Waals surface area contributed by atoms with E-state index in [4.69, 9.17) is 17.0 Å². The third-order valence-corrected chi connectivity index (χ3v) is 3.22. The second-order valence-electron chi connectivity index (χ2n) is 4.14. The van der Waals surface area contributed by atoms with Gasteiger partial charge in [0.1, 0.15) is 5.75 Å². The molecule has 20 heavy (non-hydrogen) atoms. The molecule has 0 radical (unpaired) electrons. The Morgan fingerprint density at radius 1 is 1.20 bits per heavy atom. The van der Waals surface area contributed by atoms with Gasteiger partial charge in [0.15, 0.2) is 5.65 Å². The van der Waals surface area contributed by atoms with Crippen LogP contribution in [0.3, 0.4) is 0 Å². The molecule has 100 valence electrons. The Bertz CT molecular complexity index is 833. The predicted molar refractivity (Wildman–Crippen MR) is 76.7 cm³/mol. The van der Waals surface area contributed by atoms with Gasteiger partial charge in [0.25, 0.3) is 5.91 Å². The van der Waals surface area contributed by atoms with Crippen molar-refractivity contribution in [1.29, 1.82) is 0 Å². The van der Waals surface area contributed by atoms with E-state index < -0.39 is 0 Å². The highest BCUT2D eigenvalue weighted by atomic mass is 32.1. The smallest absolute Gasteiger partial charge is 0.279 e. The lowest BCUT2D eigenvalue weighted by atomic mass is 10.2. The molecule has 0 fully saturated rings. The number of rotatable bonds is 2. The number of nitrogens with zero attached hydrogens (tertiary/aromatic N) is 3. The lowest BCUT2D eigenvalue weighted by molar-refractivity contribution is 0.0938. The van der Waals surface area contributed by atoms with Crippen LogP contribution in [0.25, 0.3) is 5.65 Å². The first-order valence-electron chi connectivity index (χ1n) is 5.96. The normalized spacial score (nSPS) is 10.7. The SMILES string of the molecule is COc1ccc(C(=O)n2c(=S)nc3ccccn32)cc1. The number of benzene rings is 1. The Kier molecular flexibility index (Phi) is 3.08. The Balaban J connectivity index is 2.12. The number of methoxy groups -OCH3 is 1.